The van der Waals surface area contributed by atoms with Crippen molar-refractivity contribution in [2.45, 2.75) is 45.6 Å². The van der Waals surface area contributed by atoms with Gasteiger partial charge in [0, 0.05) is 35.4 Å². The number of methoxy groups -OCH3 is 1. The molecule has 4 rings (SSSR count). The van der Waals surface area contributed by atoms with Gasteiger partial charge in [0.15, 0.2) is 11.5 Å². The lowest BCUT2D eigenvalue weighted by Gasteiger charge is -2.34. The summed E-state index contributed by atoms with van der Waals surface area (Å²) in [4.78, 5) is 37.0. The van der Waals surface area contributed by atoms with Crippen molar-refractivity contribution in [2.75, 3.05) is 7.11 Å². The van der Waals surface area contributed by atoms with Gasteiger partial charge in [-0.05, 0) is 43.9 Å². The van der Waals surface area contributed by atoms with Gasteiger partial charge in [0.2, 0.25) is 0 Å². The van der Waals surface area contributed by atoms with Crippen molar-refractivity contribution in [3.05, 3.63) is 91.8 Å². The van der Waals surface area contributed by atoms with Crippen LogP contribution in [0.1, 0.15) is 48.8 Å². The lowest BCUT2D eigenvalue weighted by atomic mass is 9.75. The van der Waals surface area contributed by atoms with Gasteiger partial charge in [0.25, 0.3) is 0 Å². The molecule has 0 saturated heterocycles. The zero-order valence-corrected chi connectivity index (χ0v) is 19.3. The Labute approximate surface area is 197 Å². The Balaban J connectivity index is 1.75. The van der Waals surface area contributed by atoms with E-state index in [1.165, 1.54) is 19.2 Å². The molecule has 0 aromatic heterocycles. The summed E-state index contributed by atoms with van der Waals surface area (Å²) in [5.41, 5.74) is 4.32. The van der Waals surface area contributed by atoms with E-state index in [9.17, 15) is 19.7 Å². The van der Waals surface area contributed by atoms with E-state index in [1.807, 2.05) is 31.2 Å². The minimum absolute atomic E-state index is 0.0741. The van der Waals surface area contributed by atoms with Crippen molar-refractivity contribution in [3.8, 4) is 5.75 Å². The van der Waals surface area contributed by atoms with Crippen molar-refractivity contribution in [3.63, 3.8) is 0 Å². The maximum Gasteiger partial charge on any atom is 0.336 e. The SMILES string of the molecule is COC(=O)C1=C(C)NC2=C(C(=O)CCC2)[C@@H]1c1ccc(OCc2ccc(C)cc2)c([N+](=O)[O-])c1. The van der Waals surface area contributed by atoms with E-state index in [2.05, 4.69) is 5.32 Å². The highest BCUT2D eigenvalue weighted by molar-refractivity contribution is 6.03. The molecule has 2 aliphatic rings. The van der Waals surface area contributed by atoms with Crippen LogP contribution in [0.25, 0.3) is 0 Å². The second-order valence-electron chi connectivity index (χ2n) is 8.52. The molecule has 0 saturated carbocycles. The van der Waals surface area contributed by atoms with Gasteiger partial charge < -0.3 is 14.8 Å². The van der Waals surface area contributed by atoms with Crippen LogP contribution in [-0.4, -0.2) is 23.8 Å². The first-order valence-electron chi connectivity index (χ1n) is 11.1. The summed E-state index contributed by atoms with van der Waals surface area (Å²) >= 11 is 0. The molecular weight excluding hydrogens is 436 g/mol. The topological polar surface area (TPSA) is 108 Å². The number of carbonyl (C=O) groups is 2. The number of nitrogens with zero attached hydrogens (tertiary/aromatic N) is 1. The highest BCUT2D eigenvalue weighted by Crippen LogP contribution is 2.44. The predicted molar refractivity (Wildman–Crippen MR) is 125 cm³/mol. The van der Waals surface area contributed by atoms with Crippen LogP contribution in [0.2, 0.25) is 0 Å². The van der Waals surface area contributed by atoms with Crippen LogP contribution in [0.3, 0.4) is 0 Å². The fraction of sp³-hybridized carbons (Fsp3) is 0.308. The number of carbonyl (C=O) groups excluding carboxylic acids is 2. The van der Waals surface area contributed by atoms with Gasteiger partial charge in [-0.15, -0.1) is 0 Å². The third kappa shape index (κ3) is 4.44. The summed E-state index contributed by atoms with van der Waals surface area (Å²) in [7, 11) is 1.27. The van der Waals surface area contributed by atoms with E-state index < -0.39 is 16.8 Å². The fourth-order valence-electron chi connectivity index (χ4n) is 4.52. The number of allylic oxidation sites excluding steroid dienone is 3. The Kier molecular flexibility index (Phi) is 6.49. The van der Waals surface area contributed by atoms with E-state index in [1.54, 1.807) is 13.0 Å². The summed E-state index contributed by atoms with van der Waals surface area (Å²) < 4.78 is 10.8. The number of aryl methyl sites for hydroxylation is 1. The molecule has 0 spiro atoms. The summed E-state index contributed by atoms with van der Waals surface area (Å²) in [6, 6.07) is 12.3. The second kappa shape index (κ2) is 9.51. The maximum atomic E-state index is 12.9. The van der Waals surface area contributed by atoms with Gasteiger partial charge >= 0.3 is 11.7 Å². The Bertz CT molecular complexity index is 1230. The molecule has 1 aliphatic carbocycles. The van der Waals surface area contributed by atoms with Crippen LogP contribution in [0, 0.1) is 17.0 Å². The summed E-state index contributed by atoms with van der Waals surface area (Å²) in [6.07, 6.45) is 1.75. The van der Waals surface area contributed by atoms with Crippen LogP contribution < -0.4 is 10.1 Å². The van der Waals surface area contributed by atoms with Crippen molar-refractivity contribution in [2.24, 2.45) is 0 Å². The number of hydrogen-bond donors (Lipinski definition) is 1. The van der Waals surface area contributed by atoms with Gasteiger partial charge in [-0.1, -0.05) is 35.9 Å². The zero-order chi connectivity index (χ0) is 24.4. The van der Waals surface area contributed by atoms with E-state index in [-0.39, 0.29) is 29.4 Å². The van der Waals surface area contributed by atoms with Gasteiger partial charge in [-0.2, -0.15) is 0 Å². The first-order chi connectivity index (χ1) is 16.3. The van der Waals surface area contributed by atoms with Gasteiger partial charge in [-0.3, -0.25) is 14.9 Å². The van der Waals surface area contributed by atoms with Crippen LogP contribution >= 0.6 is 0 Å². The van der Waals surface area contributed by atoms with Crippen LogP contribution in [-0.2, 0) is 20.9 Å². The lowest BCUT2D eigenvalue weighted by molar-refractivity contribution is -0.386. The zero-order valence-electron chi connectivity index (χ0n) is 19.3. The number of hydrogen-bond acceptors (Lipinski definition) is 7. The van der Waals surface area contributed by atoms with E-state index in [0.717, 1.165) is 16.8 Å². The van der Waals surface area contributed by atoms with Gasteiger partial charge in [0.05, 0.1) is 17.6 Å². The number of Topliss-reactive ketones (excluding diaryl/α,β-unsaturated/α-hetero) is 1. The molecule has 2 aromatic rings. The van der Waals surface area contributed by atoms with Crippen molar-refractivity contribution in [1.29, 1.82) is 0 Å². The van der Waals surface area contributed by atoms with Gasteiger partial charge in [-0.25, -0.2) is 4.79 Å². The third-order valence-corrected chi connectivity index (χ3v) is 6.21. The predicted octanol–water partition coefficient (Wildman–Crippen LogP) is 4.62. The molecule has 8 heteroatoms. The number of ketones is 1. The molecule has 0 amide bonds. The van der Waals surface area contributed by atoms with Crippen molar-refractivity contribution >= 4 is 17.4 Å². The molecule has 2 aromatic carbocycles. The summed E-state index contributed by atoms with van der Waals surface area (Å²) in [6.45, 7) is 3.90. The van der Waals surface area contributed by atoms with E-state index in [0.29, 0.717) is 36.1 Å². The molecule has 0 unspecified atom stereocenters. The molecule has 1 atom stereocenters. The Morgan fingerprint density at radius 1 is 1.15 bits per heavy atom. The highest BCUT2D eigenvalue weighted by atomic mass is 16.6. The average Bonchev–Trinajstić information content (AvgIpc) is 2.82. The molecular formula is C26H26N2O6. The normalized spacial score (nSPS) is 17.7. The first kappa shape index (κ1) is 23.2. The molecule has 176 valence electrons. The minimum atomic E-state index is -0.749. The lowest BCUT2D eigenvalue weighted by Crippen LogP contribution is -2.34. The maximum absolute atomic E-state index is 12.9. The standard InChI is InChI=1S/C26H26N2O6/c1-15-7-9-17(10-8-15)14-34-22-12-11-18(13-20(22)28(31)32)24-23(26(30)33-3)16(2)27-19-5-4-6-21(29)25(19)24/h7-13,24,27H,4-6,14H2,1-3H3/t24-/m1/s1. The highest BCUT2D eigenvalue weighted by Gasteiger charge is 2.39. The summed E-state index contributed by atoms with van der Waals surface area (Å²) in [5.74, 6) is -1.29. The molecule has 1 heterocycles. The molecule has 0 fully saturated rings. The van der Waals surface area contributed by atoms with Gasteiger partial charge in [0.1, 0.15) is 6.61 Å². The minimum Gasteiger partial charge on any atom is -0.482 e. The number of dihydropyridines is 1. The molecule has 1 aliphatic heterocycles. The number of esters is 1. The number of rotatable bonds is 6. The van der Waals surface area contributed by atoms with Crippen LogP contribution in [0.15, 0.2) is 65.0 Å². The van der Waals surface area contributed by atoms with Crippen LogP contribution in [0.4, 0.5) is 5.69 Å². The molecule has 8 nitrogen and oxygen atoms in total. The summed E-state index contributed by atoms with van der Waals surface area (Å²) in [5, 5.41) is 15.1. The quantitative estimate of drug-likeness (QED) is 0.379. The Morgan fingerprint density at radius 2 is 1.88 bits per heavy atom. The molecule has 1 N–H and O–H groups in total. The Hall–Kier alpha value is -3.94. The molecule has 0 bridgehead atoms. The van der Waals surface area contributed by atoms with E-state index in [4.69, 9.17) is 9.47 Å². The second-order valence-corrected chi connectivity index (χ2v) is 8.52. The number of ether oxygens (including phenoxy) is 2. The number of nitro benzene ring substituents is 1. The monoisotopic (exact) mass is 462 g/mol. The fourth-order valence-corrected chi connectivity index (χ4v) is 4.52. The largest absolute Gasteiger partial charge is 0.482 e. The molecule has 0 radical (unpaired) electrons. The number of benzene rings is 2. The smallest absolute Gasteiger partial charge is 0.336 e. The average molecular weight is 463 g/mol. The molecule has 34 heavy (non-hydrogen) atoms. The number of nitro groups is 1. The number of nitrogens with one attached hydrogen (secondary N) is 1. The van der Waals surface area contributed by atoms with Crippen molar-refractivity contribution < 1.29 is 24.0 Å². The Morgan fingerprint density at radius 3 is 2.56 bits per heavy atom. The third-order valence-electron chi connectivity index (χ3n) is 6.21. The van der Waals surface area contributed by atoms with Crippen LogP contribution in [0.5, 0.6) is 5.75 Å². The van der Waals surface area contributed by atoms with E-state index >= 15 is 0 Å². The van der Waals surface area contributed by atoms with Crippen molar-refractivity contribution in [1.82, 2.24) is 5.32 Å². The first-order valence-corrected chi connectivity index (χ1v) is 11.1.